The Bertz CT molecular complexity index is 1100. The number of halogens is 6. The molecule has 0 radical (unpaired) electrons. The molecule has 11 heteroatoms. The fourth-order valence-corrected chi connectivity index (χ4v) is 4.12. The molecule has 1 heterocycles. The molecule has 28 heavy (non-hydrogen) atoms. The third-order valence-electron chi connectivity index (χ3n) is 4.02. The average molecular weight is 422 g/mol. The summed E-state index contributed by atoms with van der Waals surface area (Å²) >= 11 is 0. The van der Waals surface area contributed by atoms with Gasteiger partial charge in [0.2, 0.25) is 10.0 Å². The third-order valence-corrected chi connectivity index (χ3v) is 5.55. The highest BCUT2D eigenvalue weighted by Crippen LogP contribution is 2.29. The zero-order valence-corrected chi connectivity index (χ0v) is 14.6. The van der Waals surface area contributed by atoms with E-state index < -0.39 is 51.0 Å². The second-order valence-corrected chi connectivity index (χ2v) is 7.63. The summed E-state index contributed by atoms with van der Waals surface area (Å²) in [6.07, 6.45) is -4.59. The number of para-hydroxylation sites is 1. The van der Waals surface area contributed by atoms with E-state index in [9.17, 15) is 34.8 Å². The Hall–Kier alpha value is -2.53. The molecule has 2 aromatic carbocycles. The largest absolute Gasteiger partial charge is 0.405 e. The summed E-state index contributed by atoms with van der Waals surface area (Å²) < 4.78 is 107. The molecule has 1 atom stereocenters. The van der Waals surface area contributed by atoms with E-state index in [-0.39, 0.29) is 17.7 Å². The fraction of sp³-hybridized carbons (Fsp3) is 0.176. The van der Waals surface area contributed by atoms with Crippen LogP contribution in [0.3, 0.4) is 0 Å². The minimum absolute atomic E-state index is 0.0693. The van der Waals surface area contributed by atoms with Gasteiger partial charge in [-0.05, 0) is 18.1 Å². The van der Waals surface area contributed by atoms with Gasteiger partial charge in [0, 0.05) is 29.2 Å². The summed E-state index contributed by atoms with van der Waals surface area (Å²) in [4.78, 5) is 1.08. The number of aromatic nitrogens is 1. The molecule has 3 rings (SSSR count). The van der Waals surface area contributed by atoms with Gasteiger partial charge in [0.15, 0.2) is 4.90 Å². The summed E-state index contributed by atoms with van der Waals surface area (Å²) in [7, 11) is -5.27. The van der Waals surface area contributed by atoms with E-state index in [1.165, 1.54) is 10.9 Å². The monoisotopic (exact) mass is 422 g/mol. The van der Waals surface area contributed by atoms with Crippen LogP contribution in [0, 0.1) is 17.5 Å². The van der Waals surface area contributed by atoms with Crippen molar-refractivity contribution in [2.24, 2.45) is 0 Å². The van der Waals surface area contributed by atoms with Crippen molar-refractivity contribution in [1.82, 2.24) is 9.71 Å². The lowest BCUT2D eigenvalue weighted by molar-refractivity contribution is -0.150. The van der Waals surface area contributed by atoms with Gasteiger partial charge in [-0.3, -0.25) is 0 Å². The molecule has 150 valence electrons. The smallest absolute Gasteiger partial charge is 0.361 e. The van der Waals surface area contributed by atoms with E-state index in [0.717, 1.165) is 0 Å². The predicted octanol–water partition coefficient (Wildman–Crippen LogP) is 4.04. The van der Waals surface area contributed by atoms with Crippen LogP contribution in [0.15, 0.2) is 47.5 Å². The zero-order chi connectivity index (χ0) is 20.7. The van der Waals surface area contributed by atoms with Crippen LogP contribution in [0.5, 0.6) is 0 Å². The second-order valence-electron chi connectivity index (χ2n) is 5.98. The molecule has 0 spiro atoms. The number of benzene rings is 2. The van der Waals surface area contributed by atoms with Crippen LogP contribution in [0.2, 0.25) is 0 Å². The lowest BCUT2D eigenvalue weighted by atomic mass is 10.1. The maximum atomic E-state index is 13.8. The van der Waals surface area contributed by atoms with Crippen LogP contribution < -0.4 is 4.72 Å². The quantitative estimate of drug-likeness (QED) is 0.610. The third kappa shape index (κ3) is 3.99. The first-order valence-electron chi connectivity index (χ1n) is 7.77. The molecule has 0 saturated heterocycles. The molecule has 1 unspecified atom stereocenters. The minimum atomic E-state index is -5.27. The molecule has 0 aliphatic heterocycles. The van der Waals surface area contributed by atoms with E-state index in [1.54, 1.807) is 24.3 Å². The number of H-pyrrole nitrogens is 1. The first kappa shape index (κ1) is 20.2. The van der Waals surface area contributed by atoms with Gasteiger partial charge in [0.05, 0.1) is 0 Å². The van der Waals surface area contributed by atoms with Crippen LogP contribution in [0.4, 0.5) is 26.3 Å². The highest BCUT2D eigenvalue weighted by atomic mass is 32.2. The zero-order valence-electron chi connectivity index (χ0n) is 13.8. The number of rotatable bonds is 5. The van der Waals surface area contributed by atoms with Crippen LogP contribution in [-0.4, -0.2) is 25.6 Å². The Kier molecular flexibility index (Phi) is 5.15. The van der Waals surface area contributed by atoms with Gasteiger partial charge >= 0.3 is 6.18 Å². The molecule has 2 N–H and O–H groups in total. The summed E-state index contributed by atoms with van der Waals surface area (Å²) in [6, 6.07) is 3.89. The number of alkyl halides is 3. The molecular formula is C17H12F6N2O2S. The van der Waals surface area contributed by atoms with E-state index in [4.69, 9.17) is 0 Å². The van der Waals surface area contributed by atoms with Crippen molar-refractivity contribution in [3.63, 3.8) is 0 Å². The average Bonchev–Trinajstić information content (AvgIpc) is 2.95. The Morgan fingerprint density at radius 3 is 2.25 bits per heavy atom. The summed E-state index contributed by atoms with van der Waals surface area (Å²) in [6.45, 7) is 0. The molecule has 0 aliphatic rings. The van der Waals surface area contributed by atoms with Gasteiger partial charge in [-0.25, -0.2) is 21.6 Å². The molecule has 3 aromatic rings. The molecule has 0 amide bonds. The van der Waals surface area contributed by atoms with Crippen molar-refractivity contribution in [2.45, 2.75) is 23.5 Å². The summed E-state index contributed by atoms with van der Waals surface area (Å²) in [5.41, 5.74) is 0.692. The van der Waals surface area contributed by atoms with Crippen molar-refractivity contribution in [3.05, 3.63) is 65.6 Å². The molecule has 0 fully saturated rings. The van der Waals surface area contributed by atoms with Crippen molar-refractivity contribution < 1.29 is 34.8 Å². The van der Waals surface area contributed by atoms with Crippen molar-refractivity contribution >= 4 is 20.9 Å². The molecule has 0 bridgehead atoms. The molecule has 4 nitrogen and oxygen atoms in total. The standard InChI is InChI=1S/C17H12F6N2O2S/c18-10-6-12(19)16(13(20)7-10)28(26,27)25-15(17(21,22)23)5-9-8-24-14-4-2-1-3-11(9)14/h1-4,6-8,15,24-25H,5H2. The number of sulfonamides is 1. The van der Waals surface area contributed by atoms with Crippen LogP contribution in [0.25, 0.3) is 10.9 Å². The van der Waals surface area contributed by atoms with E-state index >= 15 is 0 Å². The Labute approximate surface area is 155 Å². The number of nitrogens with one attached hydrogen (secondary N) is 2. The topological polar surface area (TPSA) is 62.0 Å². The fourth-order valence-electron chi connectivity index (χ4n) is 2.78. The first-order valence-corrected chi connectivity index (χ1v) is 9.26. The van der Waals surface area contributed by atoms with Crippen LogP contribution in [-0.2, 0) is 16.4 Å². The van der Waals surface area contributed by atoms with Crippen molar-refractivity contribution in [3.8, 4) is 0 Å². The highest BCUT2D eigenvalue weighted by Gasteiger charge is 2.43. The van der Waals surface area contributed by atoms with Gasteiger partial charge in [0.25, 0.3) is 0 Å². The highest BCUT2D eigenvalue weighted by molar-refractivity contribution is 7.89. The summed E-state index contributed by atoms with van der Waals surface area (Å²) in [5, 5.41) is 0.440. The van der Waals surface area contributed by atoms with Gasteiger partial charge in [-0.2, -0.15) is 17.9 Å². The van der Waals surface area contributed by atoms with Crippen LogP contribution in [0.1, 0.15) is 5.56 Å². The molecule has 0 aliphatic carbocycles. The van der Waals surface area contributed by atoms with E-state index in [0.29, 0.717) is 10.9 Å². The lowest BCUT2D eigenvalue weighted by Crippen LogP contribution is -2.47. The second kappa shape index (κ2) is 7.13. The summed E-state index contributed by atoms with van der Waals surface area (Å²) in [5.74, 6) is -5.07. The maximum Gasteiger partial charge on any atom is 0.405 e. The number of hydrogen-bond acceptors (Lipinski definition) is 2. The van der Waals surface area contributed by atoms with Crippen molar-refractivity contribution in [2.75, 3.05) is 0 Å². The number of hydrogen-bond donors (Lipinski definition) is 2. The Balaban J connectivity index is 1.98. The van der Waals surface area contributed by atoms with Gasteiger partial charge < -0.3 is 4.98 Å². The molecule has 1 aromatic heterocycles. The Morgan fingerprint density at radius 1 is 1.04 bits per heavy atom. The number of fused-ring (bicyclic) bond motifs is 1. The van der Waals surface area contributed by atoms with E-state index in [2.05, 4.69) is 4.98 Å². The van der Waals surface area contributed by atoms with E-state index in [1.807, 2.05) is 0 Å². The first-order chi connectivity index (χ1) is 13.0. The number of aromatic amines is 1. The predicted molar refractivity (Wildman–Crippen MR) is 88.5 cm³/mol. The molecular weight excluding hydrogens is 410 g/mol. The lowest BCUT2D eigenvalue weighted by Gasteiger charge is -2.21. The minimum Gasteiger partial charge on any atom is -0.361 e. The van der Waals surface area contributed by atoms with Crippen molar-refractivity contribution in [1.29, 1.82) is 0 Å². The van der Waals surface area contributed by atoms with Crippen LogP contribution >= 0.6 is 0 Å². The van der Waals surface area contributed by atoms with Gasteiger partial charge in [-0.1, -0.05) is 18.2 Å². The molecule has 0 saturated carbocycles. The Morgan fingerprint density at radius 2 is 1.64 bits per heavy atom. The van der Waals surface area contributed by atoms with Gasteiger partial charge in [-0.15, -0.1) is 0 Å². The van der Waals surface area contributed by atoms with Gasteiger partial charge in [0.1, 0.15) is 23.5 Å². The normalized spacial score (nSPS) is 13.8. The SMILES string of the molecule is O=S(=O)(NC(Cc1c[nH]c2ccccc12)C(F)(F)F)c1c(F)cc(F)cc1F. The maximum absolute atomic E-state index is 13.8.